The van der Waals surface area contributed by atoms with Crippen molar-refractivity contribution in [3.8, 4) is 5.75 Å². The summed E-state index contributed by atoms with van der Waals surface area (Å²) in [6.45, 7) is 2.17. The first kappa shape index (κ1) is 16.6. The maximum atomic E-state index is 12.5. The van der Waals surface area contributed by atoms with E-state index in [0.29, 0.717) is 21.7 Å². The Balaban J connectivity index is 1.66. The minimum Gasteiger partial charge on any atom is -0.497 e. The van der Waals surface area contributed by atoms with Crippen molar-refractivity contribution in [3.05, 3.63) is 52.8 Å². The topological polar surface area (TPSA) is 54.7 Å². The minimum absolute atomic E-state index is 0.125. The molecule has 124 valence electrons. The van der Waals surface area contributed by atoms with E-state index in [4.69, 9.17) is 21.4 Å². The van der Waals surface area contributed by atoms with Crippen molar-refractivity contribution in [2.75, 3.05) is 19.1 Å². The molecular weight excluding hydrogens is 344 g/mol. The fourth-order valence-corrected chi connectivity index (χ4v) is 3.41. The van der Waals surface area contributed by atoms with Crippen LogP contribution >= 0.6 is 24.0 Å². The quantitative estimate of drug-likeness (QED) is 0.645. The summed E-state index contributed by atoms with van der Waals surface area (Å²) in [6, 6.07) is 11.2. The van der Waals surface area contributed by atoms with Crippen LogP contribution in [0.5, 0.6) is 5.75 Å². The molecule has 3 rings (SSSR count). The summed E-state index contributed by atoms with van der Waals surface area (Å²) in [6.07, 6.45) is 1.72. The molecule has 1 saturated heterocycles. The number of ether oxygens (including phenoxy) is 1. The number of nitrogens with one attached hydrogen (secondary N) is 1. The Morgan fingerprint density at radius 2 is 2.04 bits per heavy atom. The molecule has 7 heteroatoms. The van der Waals surface area contributed by atoms with E-state index in [9.17, 15) is 4.79 Å². The van der Waals surface area contributed by atoms with E-state index < -0.39 is 0 Å². The summed E-state index contributed by atoms with van der Waals surface area (Å²) < 4.78 is 11.1. The first-order valence-electron chi connectivity index (χ1n) is 7.26. The third-order valence-electron chi connectivity index (χ3n) is 3.44. The van der Waals surface area contributed by atoms with Gasteiger partial charge >= 0.3 is 0 Å². The number of benzene rings is 1. The van der Waals surface area contributed by atoms with Crippen LogP contribution < -0.4 is 10.1 Å². The monoisotopic (exact) mass is 360 g/mol. The molecule has 1 aliphatic rings. The Labute approximate surface area is 149 Å². The molecule has 0 saturated carbocycles. The molecule has 1 aromatic heterocycles. The number of thioether (sulfide) groups is 1. The van der Waals surface area contributed by atoms with Gasteiger partial charge in [-0.2, -0.15) is 0 Å². The van der Waals surface area contributed by atoms with Gasteiger partial charge in [0.1, 0.15) is 21.6 Å². The number of furan rings is 1. The number of carbonyl (C=O) groups is 1. The van der Waals surface area contributed by atoms with E-state index in [-0.39, 0.29) is 5.91 Å². The Hall–Kier alpha value is -2.25. The fourth-order valence-electron chi connectivity index (χ4n) is 2.18. The van der Waals surface area contributed by atoms with Gasteiger partial charge in [0.25, 0.3) is 5.91 Å². The number of anilines is 1. The lowest BCUT2D eigenvalue weighted by molar-refractivity contribution is -0.121. The highest BCUT2D eigenvalue weighted by Crippen LogP contribution is 2.32. The highest BCUT2D eigenvalue weighted by molar-refractivity contribution is 8.26. The van der Waals surface area contributed by atoms with E-state index in [2.05, 4.69) is 5.32 Å². The molecule has 1 amide bonds. The molecule has 0 aliphatic carbocycles. The third-order valence-corrected chi connectivity index (χ3v) is 4.82. The summed E-state index contributed by atoms with van der Waals surface area (Å²) in [7, 11) is 1.62. The zero-order valence-corrected chi connectivity index (χ0v) is 14.9. The summed E-state index contributed by atoms with van der Waals surface area (Å²) in [5, 5.41) is 3.19. The SMILES string of the molecule is COc1ccc(NCN2C(=O)/C(=C\c3ccc(C)o3)SC2=S)cc1. The van der Waals surface area contributed by atoms with Crippen molar-refractivity contribution in [2.24, 2.45) is 0 Å². The van der Waals surface area contributed by atoms with Crippen molar-refractivity contribution in [2.45, 2.75) is 6.92 Å². The van der Waals surface area contributed by atoms with Crippen molar-refractivity contribution in [1.82, 2.24) is 4.90 Å². The minimum atomic E-state index is -0.125. The maximum absolute atomic E-state index is 12.5. The standard InChI is InChI=1S/C17H16N2O3S2/c1-11-3-6-14(22-11)9-15-16(20)19(17(23)24-15)10-18-12-4-7-13(21-2)8-5-12/h3-9,18H,10H2,1-2H3/b15-9+. The lowest BCUT2D eigenvalue weighted by atomic mass is 10.3. The van der Waals surface area contributed by atoms with Gasteiger partial charge in [0.2, 0.25) is 0 Å². The lowest BCUT2D eigenvalue weighted by Crippen LogP contribution is -2.33. The molecule has 0 unspecified atom stereocenters. The van der Waals surface area contributed by atoms with E-state index >= 15 is 0 Å². The Kier molecular flexibility index (Phi) is 4.92. The van der Waals surface area contributed by atoms with Gasteiger partial charge in [-0.05, 0) is 43.3 Å². The van der Waals surface area contributed by atoms with Gasteiger partial charge in [0.05, 0.1) is 18.7 Å². The van der Waals surface area contributed by atoms with Crippen molar-refractivity contribution < 1.29 is 13.9 Å². The van der Waals surface area contributed by atoms with Gasteiger partial charge in [-0.15, -0.1) is 0 Å². The number of hydrogen-bond acceptors (Lipinski definition) is 6. The van der Waals surface area contributed by atoms with Crippen LogP contribution in [0.3, 0.4) is 0 Å². The second-order valence-electron chi connectivity index (χ2n) is 5.12. The van der Waals surface area contributed by atoms with Crippen molar-refractivity contribution in [1.29, 1.82) is 0 Å². The molecule has 2 aromatic rings. The highest BCUT2D eigenvalue weighted by Gasteiger charge is 2.32. The second-order valence-corrected chi connectivity index (χ2v) is 6.80. The Morgan fingerprint density at radius 3 is 2.67 bits per heavy atom. The average molecular weight is 360 g/mol. The van der Waals surface area contributed by atoms with E-state index in [1.165, 1.54) is 16.7 Å². The molecule has 1 aliphatic heterocycles. The number of carbonyl (C=O) groups excluding carboxylic acids is 1. The van der Waals surface area contributed by atoms with Crippen LogP contribution in [0.2, 0.25) is 0 Å². The Bertz CT molecular complexity index is 796. The second kappa shape index (κ2) is 7.11. The number of thiocarbonyl (C=S) groups is 1. The molecule has 24 heavy (non-hydrogen) atoms. The largest absolute Gasteiger partial charge is 0.497 e. The molecule has 0 atom stereocenters. The van der Waals surface area contributed by atoms with Gasteiger partial charge in [0.15, 0.2) is 0 Å². The lowest BCUT2D eigenvalue weighted by Gasteiger charge is -2.16. The van der Waals surface area contributed by atoms with E-state index in [1.807, 2.05) is 43.3 Å². The predicted molar refractivity (Wildman–Crippen MR) is 99.9 cm³/mol. The van der Waals surface area contributed by atoms with Gasteiger partial charge < -0.3 is 14.5 Å². The summed E-state index contributed by atoms with van der Waals surface area (Å²) >= 11 is 6.58. The zero-order valence-electron chi connectivity index (χ0n) is 13.2. The molecule has 1 fully saturated rings. The van der Waals surface area contributed by atoms with Crippen LogP contribution in [0, 0.1) is 6.92 Å². The normalized spacial score (nSPS) is 16.1. The number of methoxy groups -OCH3 is 1. The summed E-state index contributed by atoms with van der Waals surface area (Å²) in [5.41, 5.74) is 0.885. The molecule has 2 heterocycles. The van der Waals surface area contributed by atoms with Gasteiger partial charge in [-0.1, -0.05) is 24.0 Å². The summed E-state index contributed by atoms with van der Waals surface area (Å²) in [4.78, 5) is 14.6. The van der Waals surface area contributed by atoms with Crippen LogP contribution in [-0.2, 0) is 4.79 Å². The fraction of sp³-hybridized carbons (Fsp3) is 0.176. The number of aryl methyl sites for hydroxylation is 1. The van der Waals surface area contributed by atoms with Crippen molar-refractivity contribution in [3.63, 3.8) is 0 Å². The molecule has 1 aromatic carbocycles. The molecule has 1 N–H and O–H groups in total. The first-order valence-corrected chi connectivity index (χ1v) is 8.49. The van der Waals surface area contributed by atoms with Gasteiger partial charge in [-0.25, -0.2) is 0 Å². The zero-order chi connectivity index (χ0) is 17.1. The van der Waals surface area contributed by atoms with Crippen LogP contribution in [0.4, 0.5) is 5.69 Å². The average Bonchev–Trinajstić information content (AvgIpc) is 3.10. The third kappa shape index (κ3) is 3.63. The molecule has 0 radical (unpaired) electrons. The first-order chi connectivity index (χ1) is 11.6. The van der Waals surface area contributed by atoms with E-state index in [1.54, 1.807) is 13.2 Å². The Morgan fingerprint density at radius 1 is 1.29 bits per heavy atom. The van der Waals surface area contributed by atoms with Crippen LogP contribution in [-0.4, -0.2) is 28.9 Å². The molecule has 0 spiro atoms. The molecule has 0 bridgehead atoms. The number of rotatable bonds is 5. The molecule has 5 nitrogen and oxygen atoms in total. The van der Waals surface area contributed by atoms with E-state index in [0.717, 1.165) is 17.2 Å². The van der Waals surface area contributed by atoms with Gasteiger partial charge in [0, 0.05) is 11.8 Å². The smallest absolute Gasteiger partial charge is 0.267 e. The number of hydrogen-bond donors (Lipinski definition) is 1. The summed E-state index contributed by atoms with van der Waals surface area (Å²) in [5.74, 6) is 2.11. The molecular formula is C17H16N2O3S2. The predicted octanol–water partition coefficient (Wildman–Crippen LogP) is 3.87. The van der Waals surface area contributed by atoms with Crippen LogP contribution in [0.15, 0.2) is 45.7 Å². The van der Waals surface area contributed by atoms with Gasteiger partial charge in [-0.3, -0.25) is 9.69 Å². The maximum Gasteiger partial charge on any atom is 0.267 e. The van der Waals surface area contributed by atoms with Crippen molar-refractivity contribution >= 4 is 46.0 Å². The van der Waals surface area contributed by atoms with Crippen LogP contribution in [0.1, 0.15) is 11.5 Å². The highest BCUT2D eigenvalue weighted by atomic mass is 32.2. The number of nitrogens with zero attached hydrogens (tertiary/aromatic N) is 1. The van der Waals surface area contributed by atoms with Crippen LogP contribution in [0.25, 0.3) is 6.08 Å². The number of amides is 1.